The predicted molar refractivity (Wildman–Crippen MR) is 51.3 cm³/mol. The standard InChI is InChI=1S/C9H15NS/c1-2-11-9-8-10-6-4-3-5-7-10/h2-7H2,1H3. The molecule has 0 saturated carbocycles. The average Bonchev–Trinajstić information content (AvgIpc) is 2.07. The second kappa shape index (κ2) is 5.37. The number of nitrogens with zero attached hydrogens (tertiary/aromatic N) is 1. The van der Waals surface area contributed by atoms with Crippen LogP contribution in [0.2, 0.25) is 0 Å². The SMILES string of the molecule is CCSC#CN1CCCCC1. The highest BCUT2D eigenvalue weighted by Gasteiger charge is 2.04. The van der Waals surface area contributed by atoms with Crippen molar-refractivity contribution < 1.29 is 0 Å². The van der Waals surface area contributed by atoms with Gasteiger partial charge in [0.2, 0.25) is 0 Å². The molecule has 1 fully saturated rings. The molecule has 0 aromatic carbocycles. The Kier molecular flexibility index (Phi) is 4.30. The minimum absolute atomic E-state index is 1.10. The molecular weight excluding hydrogens is 154 g/mol. The van der Waals surface area contributed by atoms with Crippen molar-refractivity contribution in [3.8, 4) is 11.3 Å². The molecule has 0 aliphatic carbocycles. The summed E-state index contributed by atoms with van der Waals surface area (Å²) >= 11 is 1.70. The summed E-state index contributed by atoms with van der Waals surface area (Å²) in [7, 11) is 0. The molecule has 0 amide bonds. The van der Waals surface area contributed by atoms with Gasteiger partial charge in [-0.15, -0.1) is 0 Å². The van der Waals surface area contributed by atoms with Crippen LogP contribution in [0.3, 0.4) is 0 Å². The van der Waals surface area contributed by atoms with Gasteiger partial charge in [0.05, 0.1) is 0 Å². The van der Waals surface area contributed by atoms with Gasteiger partial charge in [-0.3, -0.25) is 0 Å². The molecule has 0 unspecified atom stereocenters. The first kappa shape index (κ1) is 8.80. The zero-order valence-electron chi connectivity index (χ0n) is 7.10. The van der Waals surface area contributed by atoms with Gasteiger partial charge < -0.3 is 4.90 Å². The lowest BCUT2D eigenvalue weighted by atomic mass is 10.1. The topological polar surface area (TPSA) is 3.24 Å². The molecule has 62 valence electrons. The van der Waals surface area contributed by atoms with Crippen molar-refractivity contribution in [2.24, 2.45) is 0 Å². The molecule has 1 rings (SSSR count). The average molecular weight is 169 g/mol. The second-order valence-corrected chi connectivity index (χ2v) is 3.76. The summed E-state index contributed by atoms with van der Waals surface area (Å²) in [5.74, 6) is 1.10. The van der Waals surface area contributed by atoms with Crippen LogP contribution in [-0.4, -0.2) is 23.7 Å². The van der Waals surface area contributed by atoms with Crippen LogP contribution in [0, 0.1) is 11.3 Å². The molecule has 1 aliphatic rings. The largest absolute Gasteiger partial charge is 0.332 e. The third-order valence-corrected chi connectivity index (χ3v) is 2.30. The van der Waals surface area contributed by atoms with Gasteiger partial charge in [0.25, 0.3) is 0 Å². The predicted octanol–water partition coefficient (Wildman–Crippen LogP) is 2.14. The molecule has 0 aromatic heterocycles. The van der Waals surface area contributed by atoms with Gasteiger partial charge >= 0.3 is 0 Å². The maximum absolute atomic E-state index is 3.17. The number of piperidine rings is 1. The Morgan fingerprint density at radius 1 is 1.27 bits per heavy atom. The van der Waals surface area contributed by atoms with Gasteiger partial charge in [0.15, 0.2) is 0 Å². The number of hydrogen-bond donors (Lipinski definition) is 0. The lowest BCUT2D eigenvalue weighted by Crippen LogP contribution is -2.24. The van der Waals surface area contributed by atoms with Crippen molar-refractivity contribution in [1.82, 2.24) is 4.90 Å². The molecule has 1 aliphatic heterocycles. The van der Waals surface area contributed by atoms with Gasteiger partial charge in [-0.1, -0.05) is 18.7 Å². The maximum Gasteiger partial charge on any atom is 0.0260 e. The minimum atomic E-state index is 1.10. The van der Waals surface area contributed by atoms with E-state index in [-0.39, 0.29) is 0 Å². The van der Waals surface area contributed by atoms with Crippen LogP contribution in [0.4, 0.5) is 0 Å². The first-order chi connectivity index (χ1) is 5.43. The summed E-state index contributed by atoms with van der Waals surface area (Å²) in [4.78, 5) is 2.24. The molecule has 0 bridgehead atoms. The van der Waals surface area contributed by atoms with E-state index in [0.717, 1.165) is 5.75 Å². The van der Waals surface area contributed by atoms with Crippen molar-refractivity contribution in [2.75, 3.05) is 18.8 Å². The van der Waals surface area contributed by atoms with E-state index in [1.807, 2.05) is 0 Å². The minimum Gasteiger partial charge on any atom is -0.332 e. The first-order valence-electron chi connectivity index (χ1n) is 4.31. The number of rotatable bonds is 1. The highest BCUT2D eigenvalue weighted by Crippen LogP contribution is 2.07. The first-order valence-corrected chi connectivity index (χ1v) is 5.29. The number of likely N-dealkylation sites (tertiary alicyclic amines) is 1. The summed E-state index contributed by atoms with van der Waals surface area (Å²) in [6, 6.07) is 3.17. The van der Waals surface area contributed by atoms with E-state index in [2.05, 4.69) is 23.1 Å². The van der Waals surface area contributed by atoms with Gasteiger partial charge in [0.1, 0.15) is 0 Å². The van der Waals surface area contributed by atoms with Crippen LogP contribution in [0.1, 0.15) is 26.2 Å². The highest BCUT2D eigenvalue weighted by molar-refractivity contribution is 8.03. The summed E-state index contributed by atoms with van der Waals surface area (Å²) in [5, 5.41) is 3.10. The van der Waals surface area contributed by atoms with Crippen LogP contribution in [0.25, 0.3) is 0 Å². The van der Waals surface area contributed by atoms with E-state index in [9.17, 15) is 0 Å². The molecule has 2 heteroatoms. The van der Waals surface area contributed by atoms with E-state index >= 15 is 0 Å². The van der Waals surface area contributed by atoms with Crippen molar-refractivity contribution in [3.05, 3.63) is 0 Å². The molecule has 1 saturated heterocycles. The zero-order valence-corrected chi connectivity index (χ0v) is 7.91. The second-order valence-electron chi connectivity index (χ2n) is 2.69. The quantitative estimate of drug-likeness (QED) is 0.553. The molecule has 11 heavy (non-hydrogen) atoms. The molecule has 0 atom stereocenters. The lowest BCUT2D eigenvalue weighted by Gasteiger charge is -2.21. The molecule has 1 heterocycles. The number of thioether (sulfide) groups is 1. The van der Waals surface area contributed by atoms with Crippen molar-refractivity contribution in [1.29, 1.82) is 0 Å². The Bertz CT molecular complexity index is 151. The number of hydrogen-bond acceptors (Lipinski definition) is 2. The zero-order chi connectivity index (χ0) is 7.94. The van der Waals surface area contributed by atoms with Crippen molar-refractivity contribution in [3.63, 3.8) is 0 Å². The highest BCUT2D eigenvalue weighted by atomic mass is 32.2. The summed E-state index contributed by atoms with van der Waals surface area (Å²) < 4.78 is 0. The Labute approximate surface area is 73.5 Å². The van der Waals surface area contributed by atoms with Gasteiger partial charge in [-0.05, 0) is 24.5 Å². The Morgan fingerprint density at radius 3 is 2.64 bits per heavy atom. The fourth-order valence-corrected chi connectivity index (χ4v) is 1.51. The van der Waals surface area contributed by atoms with Crippen LogP contribution >= 0.6 is 11.8 Å². The van der Waals surface area contributed by atoms with Crippen LogP contribution in [-0.2, 0) is 0 Å². The monoisotopic (exact) mass is 169 g/mol. The van der Waals surface area contributed by atoms with E-state index in [0.29, 0.717) is 0 Å². The van der Waals surface area contributed by atoms with Gasteiger partial charge in [0, 0.05) is 24.9 Å². The summed E-state index contributed by atoms with van der Waals surface area (Å²) in [6.45, 7) is 4.49. The van der Waals surface area contributed by atoms with Crippen molar-refractivity contribution >= 4 is 11.8 Å². The van der Waals surface area contributed by atoms with Crippen molar-refractivity contribution in [2.45, 2.75) is 26.2 Å². The Morgan fingerprint density at radius 2 is 2.00 bits per heavy atom. The fraction of sp³-hybridized carbons (Fsp3) is 0.778. The molecule has 1 nitrogen and oxygen atoms in total. The molecule has 0 radical (unpaired) electrons. The lowest BCUT2D eigenvalue weighted by molar-refractivity contribution is 0.327. The molecule has 0 spiro atoms. The van der Waals surface area contributed by atoms with Crippen LogP contribution in [0.15, 0.2) is 0 Å². The Balaban J connectivity index is 2.19. The van der Waals surface area contributed by atoms with E-state index in [1.165, 1.54) is 32.4 Å². The van der Waals surface area contributed by atoms with Crippen LogP contribution < -0.4 is 0 Å². The fourth-order valence-electron chi connectivity index (χ4n) is 1.17. The third kappa shape index (κ3) is 3.57. The normalized spacial score (nSPS) is 17.4. The summed E-state index contributed by atoms with van der Waals surface area (Å²) in [6.07, 6.45) is 4.04. The molecule has 0 N–H and O–H groups in total. The summed E-state index contributed by atoms with van der Waals surface area (Å²) in [5.41, 5.74) is 0. The van der Waals surface area contributed by atoms with Gasteiger partial charge in [-0.2, -0.15) is 0 Å². The Hall–Kier alpha value is -0.290. The van der Waals surface area contributed by atoms with E-state index in [1.54, 1.807) is 11.8 Å². The van der Waals surface area contributed by atoms with E-state index in [4.69, 9.17) is 0 Å². The van der Waals surface area contributed by atoms with E-state index < -0.39 is 0 Å². The van der Waals surface area contributed by atoms with Gasteiger partial charge in [-0.25, -0.2) is 0 Å². The molecule has 0 aromatic rings. The molecular formula is C9H15NS. The van der Waals surface area contributed by atoms with Crippen LogP contribution in [0.5, 0.6) is 0 Å². The third-order valence-electron chi connectivity index (χ3n) is 1.78. The smallest absolute Gasteiger partial charge is 0.0260 e. The maximum atomic E-state index is 3.17.